The smallest absolute Gasteiger partial charge is 0.340 e. The maximum absolute atomic E-state index is 13.1. The number of rotatable bonds is 5. The molecule has 0 spiro atoms. The van der Waals surface area contributed by atoms with Gasteiger partial charge in [0.05, 0.1) is 16.7 Å². The Balaban J connectivity index is 1.74. The van der Waals surface area contributed by atoms with Gasteiger partial charge in [-0.25, -0.2) is 13.2 Å². The lowest BCUT2D eigenvalue weighted by Crippen LogP contribution is -2.50. The summed E-state index contributed by atoms with van der Waals surface area (Å²) in [5.41, 5.74) is 1.76. The third-order valence-corrected chi connectivity index (χ3v) is 7.58. The van der Waals surface area contributed by atoms with Crippen molar-refractivity contribution in [2.75, 3.05) is 26.2 Å². The molecule has 0 saturated carbocycles. The molecule has 8 nitrogen and oxygen atoms in total. The third-order valence-electron chi connectivity index (χ3n) is 5.18. The molecule has 3 rings (SSSR count). The fourth-order valence-corrected chi connectivity index (χ4v) is 5.54. The zero-order chi connectivity index (χ0) is 22.9. The van der Waals surface area contributed by atoms with Gasteiger partial charge in [0, 0.05) is 31.9 Å². The molecule has 1 aromatic heterocycles. The van der Waals surface area contributed by atoms with Crippen LogP contribution in [0.3, 0.4) is 0 Å². The number of nitrogens with zero attached hydrogens (tertiary/aromatic N) is 2. The summed E-state index contributed by atoms with van der Waals surface area (Å²) < 4.78 is 32.4. The fourth-order valence-electron chi connectivity index (χ4n) is 3.63. The summed E-state index contributed by atoms with van der Waals surface area (Å²) in [6, 6.07) is 6.30. The quantitative estimate of drug-likeness (QED) is 0.681. The minimum atomic E-state index is -3.75. The standard InChI is InChI=1S/C21H26ClN3O5S/c1-13(2)30-21(27)18-14(3)19(23-15(18)4)20(26)24-9-11-25(12-10-24)31(28,29)17-8-6-5-7-16(17)22/h5-8,13,23H,9-12H2,1-4H3. The van der Waals surface area contributed by atoms with Gasteiger partial charge in [-0.2, -0.15) is 4.31 Å². The van der Waals surface area contributed by atoms with Gasteiger partial charge in [0.15, 0.2) is 0 Å². The lowest BCUT2D eigenvalue weighted by atomic mass is 10.1. The number of piperazine rings is 1. The number of sulfonamides is 1. The first kappa shape index (κ1) is 23.3. The molecule has 10 heteroatoms. The highest BCUT2D eigenvalue weighted by Gasteiger charge is 2.33. The molecule has 2 heterocycles. The summed E-state index contributed by atoms with van der Waals surface area (Å²) in [5, 5.41) is 0.166. The van der Waals surface area contributed by atoms with Crippen LogP contribution in [0.5, 0.6) is 0 Å². The fraction of sp³-hybridized carbons (Fsp3) is 0.429. The van der Waals surface area contributed by atoms with Crippen molar-refractivity contribution in [3.8, 4) is 0 Å². The van der Waals surface area contributed by atoms with E-state index in [0.29, 0.717) is 22.5 Å². The van der Waals surface area contributed by atoms with Crippen molar-refractivity contribution in [3.05, 3.63) is 51.8 Å². The molecule has 2 aromatic rings. The van der Waals surface area contributed by atoms with E-state index in [1.807, 2.05) is 0 Å². The van der Waals surface area contributed by atoms with E-state index in [2.05, 4.69) is 4.98 Å². The lowest BCUT2D eigenvalue weighted by molar-refractivity contribution is 0.0376. The minimum Gasteiger partial charge on any atom is -0.459 e. The van der Waals surface area contributed by atoms with E-state index in [0.717, 1.165) is 0 Å². The maximum atomic E-state index is 13.1. The zero-order valence-corrected chi connectivity index (χ0v) is 19.5. The number of hydrogen-bond donors (Lipinski definition) is 1. The molecule has 31 heavy (non-hydrogen) atoms. The molecular weight excluding hydrogens is 442 g/mol. The molecule has 1 saturated heterocycles. The highest BCUT2D eigenvalue weighted by Crippen LogP contribution is 2.26. The van der Waals surface area contributed by atoms with Crippen molar-refractivity contribution in [3.63, 3.8) is 0 Å². The molecule has 1 aliphatic rings. The Labute approximate surface area is 187 Å². The Morgan fingerprint density at radius 1 is 1.10 bits per heavy atom. The molecule has 0 bridgehead atoms. The number of aryl methyl sites for hydroxylation is 1. The molecule has 0 atom stereocenters. The molecule has 0 unspecified atom stereocenters. The van der Waals surface area contributed by atoms with Gasteiger partial charge in [-0.3, -0.25) is 4.79 Å². The predicted molar refractivity (Wildman–Crippen MR) is 117 cm³/mol. The van der Waals surface area contributed by atoms with Crippen LogP contribution in [0.15, 0.2) is 29.2 Å². The number of hydrogen-bond acceptors (Lipinski definition) is 5. The number of aromatic nitrogens is 1. The average Bonchev–Trinajstić information content (AvgIpc) is 3.01. The van der Waals surface area contributed by atoms with Crippen LogP contribution in [0.2, 0.25) is 5.02 Å². The van der Waals surface area contributed by atoms with Gasteiger partial charge in [-0.05, 0) is 45.4 Å². The highest BCUT2D eigenvalue weighted by molar-refractivity contribution is 7.89. The molecule has 0 aliphatic carbocycles. The number of H-pyrrole nitrogens is 1. The summed E-state index contributed by atoms with van der Waals surface area (Å²) in [6.45, 7) is 7.70. The van der Waals surface area contributed by atoms with Crippen LogP contribution in [0, 0.1) is 13.8 Å². The molecular formula is C21H26ClN3O5S. The number of benzene rings is 1. The van der Waals surface area contributed by atoms with Crippen LogP contribution >= 0.6 is 11.6 Å². The average molecular weight is 468 g/mol. The second-order valence-electron chi connectivity index (χ2n) is 7.71. The van der Waals surface area contributed by atoms with Crippen LogP contribution in [0.25, 0.3) is 0 Å². The summed E-state index contributed by atoms with van der Waals surface area (Å²) in [4.78, 5) is 30.1. The van der Waals surface area contributed by atoms with E-state index in [9.17, 15) is 18.0 Å². The van der Waals surface area contributed by atoms with E-state index in [1.165, 1.54) is 16.4 Å². The topological polar surface area (TPSA) is 99.8 Å². The Kier molecular flexibility index (Phi) is 6.78. The molecule has 1 amide bonds. The van der Waals surface area contributed by atoms with Crippen molar-refractivity contribution in [1.29, 1.82) is 0 Å². The van der Waals surface area contributed by atoms with E-state index in [1.54, 1.807) is 44.7 Å². The second-order valence-corrected chi connectivity index (χ2v) is 10.0. The largest absolute Gasteiger partial charge is 0.459 e. The third kappa shape index (κ3) is 4.63. The Bertz CT molecular complexity index is 1100. The minimum absolute atomic E-state index is 0.0561. The van der Waals surface area contributed by atoms with Gasteiger partial charge in [0.2, 0.25) is 10.0 Å². The predicted octanol–water partition coefficient (Wildman–Crippen LogP) is 3.00. The number of esters is 1. The van der Waals surface area contributed by atoms with Gasteiger partial charge in [0.25, 0.3) is 5.91 Å². The van der Waals surface area contributed by atoms with Gasteiger partial charge in [0.1, 0.15) is 10.6 Å². The molecule has 1 N–H and O–H groups in total. The Morgan fingerprint density at radius 2 is 1.71 bits per heavy atom. The van der Waals surface area contributed by atoms with Gasteiger partial charge in [-0.15, -0.1) is 0 Å². The van der Waals surface area contributed by atoms with E-state index in [-0.39, 0.29) is 48.1 Å². The van der Waals surface area contributed by atoms with E-state index < -0.39 is 16.0 Å². The molecule has 0 radical (unpaired) electrons. The van der Waals surface area contributed by atoms with Crippen LogP contribution in [-0.4, -0.2) is 66.8 Å². The van der Waals surface area contributed by atoms with Crippen molar-refractivity contribution in [2.45, 2.75) is 38.7 Å². The summed E-state index contributed by atoms with van der Waals surface area (Å²) in [5.74, 6) is -0.755. The number of carbonyl (C=O) groups is 2. The van der Waals surface area contributed by atoms with Crippen molar-refractivity contribution in [2.24, 2.45) is 0 Å². The van der Waals surface area contributed by atoms with Gasteiger partial charge in [-0.1, -0.05) is 23.7 Å². The van der Waals surface area contributed by atoms with Crippen LogP contribution < -0.4 is 0 Å². The van der Waals surface area contributed by atoms with Gasteiger partial charge < -0.3 is 14.6 Å². The van der Waals surface area contributed by atoms with Crippen molar-refractivity contribution in [1.82, 2.24) is 14.2 Å². The van der Waals surface area contributed by atoms with Crippen molar-refractivity contribution < 1.29 is 22.7 Å². The Morgan fingerprint density at radius 3 is 2.29 bits per heavy atom. The number of halogens is 1. The highest BCUT2D eigenvalue weighted by atomic mass is 35.5. The van der Waals surface area contributed by atoms with Crippen LogP contribution in [-0.2, 0) is 14.8 Å². The number of nitrogens with one attached hydrogen (secondary N) is 1. The second kappa shape index (κ2) is 9.02. The van der Waals surface area contributed by atoms with Crippen molar-refractivity contribution >= 4 is 33.5 Å². The number of amides is 1. The Hall–Kier alpha value is -2.36. The SMILES string of the molecule is Cc1[nH]c(C(=O)N2CCN(S(=O)(=O)c3ccccc3Cl)CC2)c(C)c1C(=O)OC(C)C. The first-order chi connectivity index (χ1) is 14.5. The summed E-state index contributed by atoms with van der Waals surface area (Å²) in [7, 11) is -3.75. The first-order valence-electron chi connectivity index (χ1n) is 9.98. The lowest BCUT2D eigenvalue weighted by Gasteiger charge is -2.34. The normalized spacial score (nSPS) is 15.4. The van der Waals surface area contributed by atoms with Crippen LogP contribution in [0.1, 0.15) is 46.0 Å². The maximum Gasteiger partial charge on any atom is 0.340 e. The molecule has 168 valence electrons. The molecule has 1 fully saturated rings. The summed E-state index contributed by atoms with van der Waals surface area (Å²) in [6.07, 6.45) is -0.270. The number of ether oxygens (including phenoxy) is 1. The van der Waals surface area contributed by atoms with Crippen LogP contribution in [0.4, 0.5) is 0 Å². The van der Waals surface area contributed by atoms with E-state index in [4.69, 9.17) is 16.3 Å². The van der Waals surface area contributed by atoms with Gasteiger partial charge >= 0.3 is 5.97 Å². The number of carbonyl (C=O) groups excluding carboxylic acids is 2. The first-order valence-corrected chi connectivity index (χ1v) is 11.8. The summed E-state index contributed by atoms with van der Waals surface area (Å²) >= 11 is 6.07. The molecule has 1 aromatic carbocycles. The molecule has 1 aliphatic heterocycles. The monoisotopic (exact) mass is 467 g/mol. The van der Waals surface area contributed by atoms with E-state index >= 15 is 0 Å². The number of aromatic amines is 1. The zero-order valence-electron chi connectivity index (χ0n) is 17.9.